The zero-order valence-corrected chi connectivity index (χ0v) is 12.7. The SMILES string of the molecule is COc1cccc(COC(=O)/C=C/c2ccc3c(c2)OCO3)c1. The first-order chi connectivity index (χ1) is 11.2. The summed E-state index contributed by atoms with van der Waals surface area (Å²) in [7, 11) is 1.60. The molecule has 0 radical (unpaired) electrons. The molecule has 1 aliphatic heterocycles. The molecule has 5 nitrogen and oxygen atoms in total. The molecule has 0 aromatic heterocycles. The third kappa shape index (κ3) is 3.83. The lowest BCUT2D eigenvalue weighted by molar-refractivity contribution is -0.138. The molecule has 2 aromatic carbocycles. The quantitative estimate of drug-likeness (QED) is 0.627. The molecule has 0 unspecified atom stereocenters. The molecule has 0 saturated heterocycles. The Bertz CT molecular complexity index is 736. The van der Waals surface area contributed by atoms with Crippen LogP contribution in [0, 0.1) is 0 Å². The van der Waals surface area contributed by atoms with Crippen molar-refractivity contribution in [1.29, 1.82) is 0 Å². The first-order valence-corrected chi connectivity index (χ1v) is 7.12. The first kappa shape index (κ1) is 15.0. The Morgan fingerprint density at radius 3 is 2.91 bits per heavy atom. The van der Waals surface area contributed by atoms with Crippen LogP contribution in [0.3, 0.4) is 0 Å². The van der Waals surface area contributed by atoms with Gasteiger partial charge in [0.2, 0.25) is 6.79 Å². The van der Waals surface area contributed by atoms with Gasteiger partial charge in [-0.25, -0.2) is 4.79 Å². The Kier molecular flexibility index (Phi) is 4.47. The molecule has 0 fully saturated rings. The van der Waals surface area contributed by atoms with Gasteiger partial charge in [-0.05, 0) is 41.5 Å². The highest BCUT2D eigenvalue weighted by Crippen LogP contribution is 2.32. The number of methoxy groups -OCH3 is 1. The number of benzene rings is 2. The van der Waals surface area contributed by atoms with E-state index >= 15 is 0 Å². The molecule has 0 amide bonds. The average Bonchev–Trinajstić information content (AvgIpc) is 3.06. The van der Waals surface area contributed by atoms with Gasteiger partial charge < -0.3 is 18.9 Å². The van der Waals surface area contributed by atoms with Gasteiger partial charge in [-0.3, -0.25) is 0 Å². The fraction of sp³-hybridized carbons (Fsp3) is 0.167. The molecule has 0 saturated carbocycles. The van der Waals surface area contributed by atoms with Crippen molar-refractivity contribution in [2.24, 2.45) is 0 Å². The van der Waals surface area contributed by atoms with E-state index in [1.807, 2.05) is 42.5 Å². The summed E-state index contributed by atoms with van der Waals surface area (Å²) >= 11 is 0. The van der Waals surface area contributed by atoms with Crippen LogP contribution in [0.5, 0.6) is 17.2 Å². The van der Waals surface area contributed by atoms with Gasteiger partial charge in [-0.2, -0.15) is 0 Å². The van der Waals surface area contributed by atoms with Crippen LogP contribution in [0.1, 0.15) is 11.1 Å². The Balaban J connectivity index is 1.56. The molecular formula is C18H16O5. The van der Waals surface area contributed by atoms with Crippen LogP contribution < -0.4 is 14.2 Å². The molecule has 118 valence electrons. The maximum Gasteiger partial charge on any atom is 0.331 e. The second-order valence-corrected chi connectivity index (χ2v) is 4.91. The molecule has 2 aromatic rings. The smallest absolute Gasteiger partial charge is 0.331 e. The van der Waals surface area contributed by atoms with Crippen molar-refractivity contribution in [3.63, 3.8) is 0 Å². The van der Waals surface area contributed by atoms with Gasteiger partial charge in [0.05, 0.1) is 7.11 Å². The summed E-state index contributed by atoms with van der Waals surface area (Å²) in [6.45, 7) is 0.423. The van der Waals surface area contributed by atoms with E-state index in [0.29, 0.717) is 11.5 Å². The van der Waals surface area contributed by atoms with Gasteiger partial charge >= 0.3 is 5.97 Å². The predicted molar refractivity (Wildman–Crippen MR) is 84.4 cm³/mol. The van der Waals surface area contributed by atoms with Crippen molar-refractivity contribution in [1.82, 2.24) is 0 Å². The van der Waals surface area contributed by atoms with Gasteiger partial charge in [0.1, 0.15) is 12.4 Å². The summed E-state index contributed by atoms with van der Waals surface area (Å²) in [4.78, 5) is 11.8. The van der Waals surface area contributed by atoms with Gasteiger partial charge in [0.15, 0.2) is 11.5 Å². The fourth-order valence-electron chi connectivity index (χ4n) is 2.15. The zero-order chi connectivity index (χ0) is 16.1. The van der Waals surface area contributed by atoms with E-state index in [9.17, 15) is 4.79 Å². The zero-order valence-electron chi connectivity index (χ0n) is 12.7. The number of ether oxygens (including phenoxy) is 4. The van der Waals surface area contributed by atoms with E-state index in [-0.39, 0.29) is 13.4 Å². The summed E-state index contributed by atoms with van der Waals surface area (Å²) in [5, 5.41) is 0. The summed E-state index contributed by atoms with van der Waals surface area (Å²) in [5.74, 6) is 1.71. The van der Waals surface area contributed by atoms with E-state index in [1.54, 1.807) is 13.2 Å². The van der Waals surface area contributed by atoms with Crippen molar-refractivity contribution in [3.05, 3.63) is 59.7 Å². The summed E-state index contributed by atoms with van der Waals surface area (Å²) < 4.78 is 20.9. The molecule has 0 N–H and O–H groups in total. The molecule has 5 heteroatoms. The van der Waals surface area contributed by atoms with Crippen molar-refractivity contribution in [3.8, 4) is 17.2 Å². The largest absolute Gasteiger partial charge is 0.497 e. The maximum absolute atomic E-state index is 11.8. The summed E-state index contributed by atoms with van der Waals surface area (Å²) in [5.41, 5.74) is 1.71. The molecule has 1 heterocycles. The minimum atomic E-state index is -0.412. The summed E-state index contributed by atoms with van der Waals surface area (Å²) in [6.07, 6.45) is 3.06. The highest BCUT2D eigenvalue weighted by molar-refractivity contribution is 5.87. The lowest BCUT2D eigenvalue weighted by Crippen LogP contribution is -2.00. The van der Waals surface area contributed by atoms with Crippen LogP contribution in [0.15, 0.2) is 48.5 Å². The average molecular weight is 312 g/mol. The number of carbonyl (C=O) groups is 1. The second kappa shape index (κ2) is 6.87. The lowest BCUT2D eigenvalue weighted by Gasteiger charge is -2.04. The van der Waals surface area contributed by atoms with Crippen molar-refractivity contribution < 1.29 is 23.7 Å². The molecule has 0 atom stereocenters. The standard InChI is InChI=1S/C18H16O5/c1-20-15-4-2-3-14(9-15)11-21-18(19)8-6-13-5-7-16-17(10-13)23-12-22-16/h2-10H,11-12H2,1H3/b8-6+. The van der Waals surface area contributed by atoms with E-state index in [1.165, 1.54) is 6.08 Å². The Labute approximate surface area is 134 Å². The first-order valence-electron chi connectivity index (χ1n) is 7.12. The maximum atomic E-state index is 11.8. The number of rotatable bonds is 5. The van der Waals surface area contributed by atoms with E-state index < -0.39 is 5.97 Å². The Morgan fingerprint density at radius 2 is 2.04 bits per heavy atom. The predicted octanol–water partition coefficient (Wildman–Crippen LogP) is 3.18. The third-order valence-corrected chi connectivity index (χ3v) is 3.32. The lowest BCUT2D eigenvalue weighted by atomic mass is 10.2. The normalized spacial score (nSPS) is 12.4. The molecule has 0 bridgehead atoms. The molecule has 0 aliphatic carbocycles. The molecular weight excluding hydrogens is 296 g/mol. The van der Waals surface area contributed by atoms with Gasteiger partial charge in [-0.15, -0.1) is 0 Å². The van der Waals surface area contributed by atoms with Crippen molar-refractivity contribution in [2.75, 3.05) is 13.9 Å². The second-order valence-electron chi connectivity index (χ2n) is 4.91. The number of fused-ring (bicyclic) bond motifs is 1. The number of hydrogen-bond acceptors (Lipinski definition) is 5. The highest BCUT2D eigenvalue weighted by Gasteiger charge is 2.12. The van der Waals surface area contributed by atoms with Crippen LogP contribution in [-0.2, 0) is 16.1 Å². The Hall–Kier alpha value is -2.95. The van der Waals surface area contributed by atoms with Crippen LogP contribution >= 0.6 is 0 Å². The van der Waals surface area contributed by atoms with E-state index in [0.717, 1.165) is 16.9 Å². The van der Waals surface area contributed by atoms with Crippen LogP contribution in [0.4, 0.5) is 0 Å². The molecule has 0 spiro atoms. The number of esters is 1. The Morgan fingerprint density at radius 1 is 1.17 bits per heavy atom. The minimum Gasteiger partial charge on any atom is -0.497 e. The van der Waals surface area contributed by atoms with E-state index in [2.05, 4.69) is 0 Å². The summed E-state index contributed by atoms with van der Waals surface area (Å²) in [6, 6.07) is 12.9. The van der Waals surface area contributed by atoms with Crippen LogP contribution in [0.25, 0.3) is 6.08 Å². The minimum absolute atomic E-state index is 0.196. The molecule has 23 heavy (non-hydrogen) atoms. The van der Waals surface area contributed by atoms with Gasteiger partial charge in [0, 0.05) is 6.08 Å². The van der Waals surface area contributed by atoms with Gasteiger partial charge in [-0.1, -0.05) is 18.2 Å². The van der Waals surface area contributed by atoms with Crippen LogP contribution in [0.2, 0.25) is 0 Å². The van der Waals surface area contributed by atoms with Gasteiger partial charge in [0.25, 0.3) is 0 Å². The molecule has 3 rings (SSSR count). The van der Waals surface area contributed by atoms with Crippen LogP contribution in [-0.4, -0.2) is 19.9 Å². The number of hydrogen-bond donors (Lipinski definition) is 0. The highest BCUT2D eigenvalue weighted by atomic mass is 16.7. The topological polar surface area (TPSA) is 54.0 Å². The number of carbonyl (C=O) groups excluding carboxylic acids is 1. The van der Waals surface area contributed by atoms with Crippen molar-refractivity contribution in [2.45, 2.75) is 6.61 Å². The van der Waals surface area contributed by atoms with Crippen molar-refractivity contribution >= 4 is 12.0 Å². The monoisotopic (exact) mass is 312 g/mol. The molecule has 1 aliphatic rings. The fourth-order valence-corrected chi connectivity index (χ4v) is 2.15. The van der Waals surface area contributed by atoms with E-state index in [4.69, 9.17) is 18.9 Å². The third-order valence-electron chi connectivity index (χ3n) is 3.32.